The molecule has 0 fully saturated rings. The first-order valence-electron chi connectivity index (χ1n) is 6.89. The molecule has 20 heavy (non-hydrogen) atoms. The number of rotatable bonds is 4. The number of nitrogens with one attached hydrogen (secondary N) is 1. The maximum Gasteiger partial charge on any atom is 0.251 e. The van der Waals surface area contributed by atoms with Gasteiger partial charge in [-0.3, -0.25) is 4.79 Å². The molecule has 2 nitrogen and oxygen atoms in total. The molecule has 0 atom stereocenters. The minimum atomic E-state index is -0.274. The molecule has 104 valence electrons. The van der Waals surface area contributed by atoms with Gasteiger partial charge in [-0.2, -0.15) is 0 Å². The fourth-order valence-corrected chi connectivity index (χ4v) is 2.23. The molecule has 0 spiro atoms. The smallest absolute Gasteiger partial charge is 0.251 e. The third-order valence-electron chi connectivity index (χ3n) is 3.25. The Morgan fingerprint density at radius 1 is 1.00 bits per heavy atom. The van der Waals surface area contributed by atoms with Crippen LogP contribution in [0.1, 0.15) is 35.3 Å². The standard InChI is InChI=1S/C18H21NO/c1-14-9-11-16(12-10-14)17(20)19-18(2,3)13-15-7-5-4-6-8-15/h4-12H,13H2,1-3H3,(H,19,20). The summed E-state index contributed by atoms with van der Waals surface area (Å²) in [6.07, 6.45) is 0.811. The van der Waals surface area contributed by atoms with Crippen LogP contribution in [0.15, 0.2) is 54.6 Å². The van der Waals surface area contributed by atoms with Gasteiger partial charge in [-0.15, -0.1) is 0 Å². The van der Waals surface area contributed by atoms with Gasteiger partial charge in [0.15, 0.2) is 0 Å². The summed E-state index contributed by atoms with van der Waals surface area (Å²) in [5.74, 6) is -0.0223. The van der Waals surface area contributed by atoms with E-state index in [0.717, 1.165) is 12.0 Å². The van der Waals surface area contributed by atoms with Crippen LogP contribution in [0.5, 0.6) is 0 Å². The maximum atomic E-state index is 12.3. The first-order chi connectivity index (χ1) is 9.46. The molecular formula is C18H21NO. The van der Waals surface area contributed by atoms with Gasteiger partial charge >= 0.3 is 0 Å². The zero-order valence-corrected chi connectivity index (χ0v) is 12.3. The number of benzene rings is 2. The Morgan fingerprint density at radius 3 is 2.20 bits per heavy atom. The van der Waals surface area contributed by atoms with Crippen molar-refractivity contribution in [2.24, 2.45) is 0 Å². The number of carbonyl (C=O) groups excluding carboxylic acids is 1. The van der Waals surface area contributed by atoms with Gasteiger partial charge < -0.3 is 5.32 Å². The molecular weight excluding hydrogens is 246 g/mol. The third kappa shape index (κ3) is 3.95. The molecule has 0 aliphatic heterocycles. The van der Waals surface area contributed by atoms with Crippen molar-refractivity contribution in [1.29, 1.82) is 0 Å². The highest BCUT2D eigenvalue weighted by Crippen LogP contribution is 2.14. The van der Waals surface area contributed by atoms with Crippen molar-refractivity contribution in [3.63, 3.8) is 0 Å². The summed E-state index contributed by atoms with van der Waals surface area (Å²) in [6, 6.07) is 17.9. The molecule has 2 aromatic rings. The van der Waals surface area contributed by atoms with E-state index in [1.165, 1.54) is 5.56 Å². The molecule has 2 aromatic carbocycles. The molecule has 0 aromatic heterocycles. The second-order valence-electron chi connectivity index (χ2n) is 5.87. The van der Waals surface area contributed by atoms with E-state index in [9.17, 15) is 4.79 Å². The lowest BCUT2D eigenvalue weighted by atomic mass is 9.94. The Labute approximate surface area is 120 Å². The summed E-state index contributed by atoms with van der Waals surface area (Å²) in [5, 5.41) is 3.10. The van der Waals surface area contributed by atoms with Gasteiger partial charge in [-0.25, -0.2) is 0 Å². The van der Waals surface area contributed by atoms with Crippen molar-refractivity contribution in [2.75, 3.05) is 0 Å². The molecule has 0 aliphatic rings. The minimum Gasteiger partial charge on any atom is -0.347 e. The van der Waals surface area contributed by atoms with E-state index in [4.69, 9.17) is 0 Å². The van der Waals surface area contributed by atoms with Crippen molar-refractivity contribution < 1.29 is 4.79 Å². The van der Waals surface area contributed by atoms with E-state index < -0.39 is 0 Å². The van der Waals surface area contributed by atoms with E-state index in [2.05, 4.69) is 17.4 Å². The first-order valence-corrected chi connectivity index (χ1v) is 6.89. The van der Waals surface area contributed by atoms with Crippen molar-refractivity contribution >= 4 is 5.91 Å². The van der Waals surface area contributed by atoms with Gasteiger partial charge in [-0.1, -0.05) is 48.0 Å². The van der Waals surface area contributed by atoms with Gasteiger partial charge in [0.05, 0.1) is 0 Å². The van der Waals surface area contributed by atoms with Crippen LogP contribution in [0.4, 0.5) is 0 Å². The molecule has 0 saturated carbocycles. The summed E-state index contributed by atoms with van der Waals surface area (Å²) >= 11 is 0. The quantitative estimate of drug-likeness (QED) is 0.898. The molecule has 2 rings (SSSR count). The predicted molar refractivity (Wildman–Crippen MR) is 82.9 cm³/mol. The van der Waals surface area contributed by atoms with Gasteiger partial charge in [0.2, 0.25) is 0 Å². The topological polar surface area (TPSA) is 29.1 Å². The summed E-state index contributed by atoms with van der Waals surface area (Å²) < 4.78 is 0. The van der Waals surface area contributed by atoms with E-state index in [1.54, 1.807) is 0 Å². The average Bonchev–Trinajstić information content (AvgIpc) is 2.39. The fraction of sp³-hybridized carbons (Fsp3) is 0.278. The lowest BCUT2D eigenvalue weighted by Gasteiger charge is -2.26. The zero-order valence-electron chi connectivity index (χ0n) is 12.3. The molecule has 0 radical (unpaired) electrons. The van der Waals surface area contributed by atoms with Crippen LogP contribution in [-0.2, 0) is 6.42 Å². The van der Waals surface area contributed by atoms with E-state index in [0.29, 0.717) is 5.56 Å². The Balaban J connectivity index is 2.04. The van der Waals surface area contributed by atoms with Crippen molar-refractivity contribution in [1.82, 2.24) is 5.32 Å². The highest BCUT2D eigenvalue weighted by molar-refractivity contribution is 5.94. The van der Waals surface area contributed by atoms with E-state index in [1.807, 2.05) is 63.2 Å². The normalized spacial score (nSPS) is 11.2. The SMILES string of the molecule is Cc1ccc(C(=O)NC(C)(C)Cc2ccccc2)cc1. The molecule has 0 saturated heterocycles. The van der Waals surface area contributed by atoms with Crippen LogP contribution >= 0.6 is 0 Å². The highest BCUT2D eigenvalue weighted by Gasteiger charge is 2.21. The number of amides is 1. The van der Waals surface area contributed by atoms with Crippen LogP contribution in [-0.4, -0.2) is 11.4 Å². The third-order valence-corrected chi connectivity index (χ3v) is 3.25. The van der Waals surface area contributed by atoms with Crippen LogP contribution in [0.25, 0.3) is 0 Å². The van der Waals surface area contributed by atoms with Gasteiger partial charge in [0, 0.05) is 11.1 Å². The Bertz CT molecular complexity index is 570. The van der Waals surface area contributed by atoms with E-state index >= 15 is 0 Å². The monoisotopic (exact) mass is 267 g/mol. The molecule has 1 N–H and O–H groups in total. The maximum absolute atomic E-state index is 12.3. The highest BCUT2D eigenvalue weighted by atomic mass is 16.1. The number of aryl methyl sites for hydroxylation is 1. The van der Waals surface area contributed by atoms with Crippen LogP contribution in [0.3, 0.4) is 0 Å². The Morgan fingerprint density at radius 2 is 1.60 bits per heavy atom. The Kier molecular flexibility index (Phi) is 4.23. The predicted octanol–water partition coefficient (Wildman–Crippen LogP) is 3.75. The lowest BCUT2D eigenvalue weighted by Crippen LogP contribution is -2.45. The second-order valence-corrected chi connectivity index (χ2v) is 5.87. The Hall–Kier alpha value is -2.09. The molecule has 0 unspecified atom stereocenters. The molecule has 0 heterocycles. The van der Waals surface area contributed by atoms with Crippen molar-refractivity contribution in [3.8, 4) is 0 Å². The number of hydrogen-bond acceptors (Lipinski definition) is 1. The fourth-order valence-electron chi connectivity index (χ4n) is 2.23. The van der Waals surface area contributed by atoms with Crippen LogP contribution in [0.2, 0.25) is 0 Å². The first kappa shape index (κ1) is 14.3. The van der Waals surface area contributed by atoms with Crippen LogP contribution < -0.4 is 5.32 Å². The summed E-state index contributed by atoms with van der Waals surface area (Å²) in [5.41, 5.74) is 2.81. The molecule has 0 aliphatic carbocycles. The summed E-state index contributed by atoms with van der Waals surface area (Å²) in [6.45, 7) is 6.11. The molecule has 2 heteroatoms. The van der Waals surface area contributed by atoms with E-state index in [-0.39, 0.29) is 11.4 Å². The molecule has 1 amide bonds. The van der Waals surface area contributed by atoms with Gasteiger partial charge in [-0.05, 0) is 44.9 Å². The van der Waals surface area contributed by atoms with Crippen LogP contribution in [0, 0.1) is 6.92 Å². The molecule has 0 bridgehead atoms. The largest absolute Gasteiger partial charge is 0.347 e. The van der Waals surface area contributed by atoms with Gasteiger partial charge in [0.1, 0.15) is 0 Å². The minimum absolute atomic E-state index is 0.0223. The summed E-state index contributed by atoms with van der Waals surface area (Å²) in [7, 11) is 0. The lowest BCUT2D eigenvalue weighted by molar-refractivity contribution is 0.0913. The second kappa shape index (κ2) is 5.91. The number of carbonyl (C=O) groups is 1. The van der Waals surface area contributed by atoms with Crippen molar-refractivity contribution in [2.45, 2.75) is 32.7 Å². The summed E-state index contributed by atoms with van der Waals surface area (Å²) in [4.78, 5) is 12.3. The zero-order chi connectivity index (χ0) is 14.6. The average molecular weight is 267 g/mol. The number of hydrogen-bond donors (Lipinski definition) is 1. The van der Waals surface area contributed by atoms with Crippen molar-refractivity contribution in [3.05, 3.63) is 71.3 Å². The van der Waals surface area contributed by atoms with Gasteiger partial charge in [0.25, 0.3) is 5.91 Å².